The van der Waals surface area contributed by atoms with E-state index in [2.05, 4.69) is 10.2 Å². The van der Waals surface area contributed by atoms with Gasteiger partial charge in [-0.15, -0.1) is 0 Å². The van der Waals surface area contributed by atoms with Crippen LogP contribution in [0.3, 0.4) is 0 Å². The summed E-state index contributed by atoms with van der Waals surface area (Å²) in [5.74, 6) is 0.670. The quantitative estimate of drug-likeness (QED) is 0.835. The van der Waals surface area contributed by atoms with E-state index in [-0.39, 0.29) is 18.1 Å². The summed E-state index contributed by atoms with van der Waals surface area (Å²) in [7, 11) is 1.60. The number of nitrogens with one attached hydrogen (secondary N) is 1. The number of amides is 1. The topological polar surface area (TPSA) is 76.8 Å². The number of benzene rings is 1. The summed E-state index contributed by atoms with van der Waals surface area (Å²) in [4.78, 5) is 14.2. The van der Waals surface area contributed by atoms with Crippen LogP contribution in [0.4, 0.5) is 5.69 Å². The number of carbonyl (C=O) groups is 1. The van der Waals surface area contributed by atoms with Crippen LogP contribution in [0.2, 0.25) is 0 Å². The molecule has 1 aliphatic heterocycles. The number of ether oxygens (including phenoxy) is 2. The number of anilines is 1. The van der Waals surface area contributed by atoms with Gasteiger partial charge >= 0.3 is 0 Å². The van der Waals surface area contributed by atoms with Crippen LogP contribution in [0.5, 0.6) is 5.75 Å². The molecule has 1 aromatic rings. The third-order valence-electron chi connectivity index (χ3n) is 3.39. The average Bonchev–Trinajstić information content (AvgIpc) is 2.46. The first-order valence-corrected chi connectivity index (χ1v) is 7.12. The molecule has 1 saturated heterocycles. The third-order valence-corrected chi connectivity index (χ3v) is 3.39. The van der Waals surface area contributed by atoms with E-state index >= 15 is 0 Å². The van der Waals surface area contributed by atoms with E-state index in [1.165, 1.54) is 0 Å². The molecule has 0 aromatic heterocycles. The second-order valence-corrected chi connectivity index (χ2v) is 5.28. The molecule has 0 bridgehead atoms. The predicted octanol–water partition coefficient (Wildman–Crippen LogP) is 0.682. The Hall–Kier alpha value is -1.63. The van der Waals surface area contributed by atoms with Crippen molar-refractivity contribution in [2.45, 2.75) is 19.1 Å². The van der Waals surface area contributed by atoms with Gasteiger partial charge in [0.2, 0.25) is 5.91 Å². The van der Waals surface area contributed by atoms with Crippen LogP contribution in [-0.4, -0.2) is 56.3 Å². The summed E-state index contributed by atoms with van der Waals surface area (Å²) in [5.41, 5.74) is 6.38. The Balaban J connectivity index is 1.88. The molecule has 0 spiro atoms. The summed E-state index contributed by atoms with van der Waals surface area (Å²) in [6.45, 7) is 4.23. The molecule has 1 heterocycles. The Morgan fingerprint density at radius 1 is 1.52 bits per heavy atom. The van der Waals surface area contributed by atoms with Gasteiger partial charge < -0.3 is 20.5 Å². The minimum Gasteiger partial charge on any atom is -0.497 e. The summed E-state index contributed by atoms with van der Waals surface area (Å²) in [6, 6.07) is 7.31. The van der Waals surface area contributed by atoms with Crippen LogP contribution < -0.4 is 15.8 Å². The van der Waals surface area contributed by atoms with Gasteiger partial charge in [-0.25, -0.2) is 0 Å². The molecule has 1 amide bonds. The minimum atomic E-state index is -0.0480. The van der Waals surface area contributed by atoms with Crippen LogP contribution in [0, 0.1) is 0 Å². The van der Waals surface area contributed by atoms with Crippen molar-refractivity contribution in [3.8, 4) is 5.75 Å². The molecule has 1 fully saturated rings. The number of morpholine rings is 1. The van der Waals surface area contributed by atoms with E-state index in [1.54, 1.807) is 13.2 Å². The lowest BCUT2D eigenvalue weighted by molar-refractivity contribution is -0.121. The number of nitrogens with zero attached hydrogens (tertiary/aromatic N) is 1. The normalized spacial score (nSPS) is 22.8. The maximum Gasteiger partial charge on any atom is 0.238 e. The maximum atomic E-state index is 12.1. The number of hydrogen-bond acceptors (Lipinski definition) is 5. The summed E-state index contributed by atoms with van der Waals surface area (Å²) in [6.07, 6.45) is 0.0929. The summed E-state index contributed by atoms with van der Waals surface area (Å²) in [5, 5.41) is 2.88. The molecule has 0 radical (unpaired) electrons. The highest BCUT2D eigenvalue weighted by atomic mass is 16.5. The number of methoxy groups -OCH3 is 1. The van der Waals surface area contributed by atoms with Crippen molar-refractivity contribution in [3.05, 3.63) is 24.3 Å². The average molecular weight is 293 g/mol. The second-order valence-electron chi connectivity index (χ2n) is 5.28. The lowest BCUT2D eigenvalue weighted by Gasteiger charge is -2.35. The standard InChI is InChI=1S/C15H23N3O3/c1-11-8-18(9-14(7-16)21-11)10-15(19)17-12-4-3-5-13(6-12)20-2/h3-6,11,14H,7-10,16H2,1-2H3,(H,17,19). The van der Waals surface area contributed by atoms with E-state index in [9.17, 15) is 4.79 Å². The van der Waals surface area contributed by atoms with Gasteiger partial charge in [0.05, 0.1) is 25.9 Å². The van der Waals surface area contributed by atoms with E-state index in [1.807, 2.05) is 25.1 Å². The number of hydrogen-bond donors (Lipinski definition) is 2. The zero-order valence-electron chi connectivity index (χ0n) is 12.5. The fraction of sp³-hybridized carbons (Fsp3) is 0.533. The second kappa shape index (κ2) is 7.40. The highest BCUT2D eigenvalue weighted by Gasteiger charge is 2.25. The molecule has 0 saturated carbocycles. The summed E-state index contributed by atoms with van der Waals surface area (Å²) < 4.78 is 10.8. The molecule has 1 aliphatic rings. The monoisotopic (exact) mass is 293 g/mol. The van der Waals surface area contributed by atoms with Gasteiger partial charge in [-0.2, -0.15) is 0 Å². The zero-order chi connectivity index (χ0) is 15.2. The van der Waals surface area contributed by atoms with Crippen molar-refractivity contribution in [3.63, 3.8) is 0 Å². The van der Waals surface area contributed by atoms with Gasteiger partial charge in [0.25, 0.3) is 0 Å². The Morgan fingerprint density at radius 2 is 2.33 bits per heavy atom. The molecule has 116 valence electrons. The Bertz CT molecular complexity index is 481. The van der Waals surface area contributed by atoms with Crippen molar-refractivity contribution >= 4 is 11.6 Å². The molecule has 0 aliphatic carbocycles. The molecular weight excluding hydrogens is 270 g/mol. The van der Waals surface area contributed by atoms with Crippen molar-refractivity contribution < 1.29 is 14.3 Å². The van der Waals surface area contributed by atoms with Gasteiger partial charge in [0, 0.05) is 31.4 Å². The minimum absolute atomic E-state index is 0.00151. The lowest BCUT2D eigenvalue weighted by atomic mass is 10.2. The van der Waals surface area contributed by atoms with Gasteiger partial charge in [0.15, 0.2) is 0 Å². The first-order valence-electron chi connectivity index (χ1n) is 7.12. The highest BCUT2D eigenvalue weighted by Crippen LogP contribution is 2.17. The van der Waals surface area contributed by atoms with E-state index < -0.39 is 0 Å². The van der Waals surface area contributed by atoms with Crippen LogP contribution >= 0.6 is 0 Å². The van der Waals surface area contributed by atoms with E-state index in [0.29, 0.717) is 19.6 Å². The summed E-state index contributed by atoms with van der Waals surface area (Å²) >= 11 is 0. The first kappa shape index (κ1) is 15.8. The molecule has 1 aromatic carbocycles. The lowest BCUT2D eigenvalue weighted by Crippen LogP contribution is -2.51. The predicted molar refractivity (Wildman–Crippen MR) is 81.5 cm³/mol. The molecule has 6 nitrogen and oxygen atoms in total. The SMILES string of the molecule is COc1cccc(NC(=O)CN2CC(C)OC(CN)C2)c1. The molecule has 21 heavy (non-hydrogen) atoms. The van der Waals surface area contributed by atoms with Gasteiger partial charge in [-0.05, 0) is 19.1 Å². The number of carbonyl (C=O) groups excluding carboxylic acids is 1. The fourth-order valence-electron chi connectivity index (χ4n) is 2.50. The maximum absolute atomic E-state index is 12.1. The van der Waals surface area contributed by atoms with Crippen molar-refractivity contribution in [1.29, 1.82) is 0 Å². The Morgan fingerprint density at radius 3 is 3.05 bits per heavy atom. The zero-order valence-corrected chi connectivity index (χ0v) is 12.5. The van der Waals surface area contributed by atoms with Gasteiger partial charge in [0.1, 0.15) is 5.75 Å². The van der Waals surface area contributed by atoms with Crippen LogP contribution in [-0.2, 0) is 9.53 Å². The van der Waals surface area contributed by atoms with Crippen LogP contribution in [0.1, 0.15) is 6.92 Å². The third kappa shape index (κ3) is 4.70. The van der Waals surface area contributed by atoms with Crippen molar-refractivity contribution in [1.82, 2.24) is 4.90 Å². The van der Waals surface area contributed by atoms with Crippen LogP contribution in [0.25, 0.3) is 0 Å². The fourth-order valence-corrected chi connectivity index (χ4v) is 2.50. The van der Waals surface area contributed by atoms with Gasteiger partial charge in [-0.3, -0.25) is 9.69 Å². The Labute approximate surface area is 125 Å². The largest absolute Gasteiger partial charge is 0.497 e. The van der Waals surface area contributed by atoms with Crippen LogP contribution in [0.15, 0.2) is 24.3 Å². The number of rotatable bonds is 5. The van der Waals surface area contributed by atoms with Gasteiger partial charge in [-0.1, -0.05) is 6.07 Å². The smallest absolute Gasteiger partial charge is 0.238 e. The molecule has 2 atom stereocenters. The molecule has 2 rings (SSSR count). The van der Waals surface area contributed by atoms with E-state index in [4.69, 9.17) is 15.2 Å². The Kier molecular flexibility index (Phi) is 5.55. The molecule has 6 heteroatoms. The molecule has 3 N–H and O–H groups in total. The number of nitrogens with two attached hydrogens (primary N) is 1. The highest BCUT2D eigenvalue weighted by molar-refractivity contribution is 5.92. The van der Waals surface area contributed by atoms with Crippen molar-refractivity contribution in [2.75, 3.05) is 38.6 Å². The van der Waals surface area contributed by atoms with E-state index in [0.717, 1.165) is 18.0 Å². The van der Waals surface area contributed by atoms with Crippen molar-refractivity contribution in [2.24, 2.45) is 5.73 Å². The molecule has 2 unspecified atom stereocenters. The first-order chi connectivity index (χ1) is 10.1. The molecular formula is C15H23N3O3.